The number of amides is 1. The summed E-state index contributed by atoms with van der Waals surface area (Å²) in [6.45, 7) is 6.90. The van der Waals surface area contributed by atoms with Crippen LogP contribution in [0.2, 0.25) is 0 Å². The Labute approximate surface area is 176 Å². The Kier molecular flexibility index (Phi) is 4.98. The number of fused-ring (bicyclic) bond motifs is 3. The molecule has 154 valence electrons. The molecule has 1 aliphatic heterocycles. The third-order valence-corrected chi connectivity index (χ3v) is 5.63. The second-order valence-electron chi connectivity index (χ2n) is 8.63. The first-order chi connectivity index (χ1) is 14.3. The molecule has 2 aromatic carbocycles. The number of rotatable bonds is 2. The quantitative estimate of drug-likeness (QED) is 0.633. The highest BCUT2D eigenvalue weighted by molar-refractivity contribution is 6.18. The monoisotopic (exact) mass is 402 g/mol. The summed E-state index contributed by atoms with van der Waals surface area (Å²) in [6.07, 6.45) is 2.26. The molecule has 30 heavy (non-hydrogen) atoms. The molecule has 1 amide bonds. The summed E-state index contributed by atoms with van der Waals surface area (Å²) in [7, 11) is 1.35. The smallest absolute Gasteiger partial charge is 0.341 e. The normalized spacial score (nSPS) is 14.1. The van der Waals surface area contributed by atoms with Crippen LogP contribution in [0.3, 0.4) is 0 Å². The van der Waals surface area contributed by atoms with Crippen molar-refractivity contribution in [3.8, 4) is 0 Å². The van der Waals surface area contributed by atoms with Crippen LogP contribution in [0.1, 0.15) is 48.0 Å². The van der Waals surface area contributed by atoms with Crippen LogP contribution in [0.25, 0.3) is 16.5 Å². The predicted molar refractivity (Wildman–Crippen MR) is 118 cm³/mol. The van der Waals surface area contributed by atoms with Crippen molar-refractivity contribution in [1.29, 1.82) is 0 Å². The number of carbonyl (C=O) groups is 2. The maximum absolute atomic E-state index is 13.2. The van der Waals surface area contributed by atoms with Crippen molar-refractivity contribution in [1.82, 2.24) is 9.88 Å². The van der Waals surface area contributed by atoms with E-state index in [9.17, 15) is 9.59 Å². The molecule has 0 spiro atoms. The van der Waals surface area contributed by atoms with Gasteiger partial charge < -0.3 is 14.6 Å². The number of hydrogen-bond donors (Lipinski definition) is 1. The van der Waals surface area contributed by atoms with Crippen molar-refractivity contribution in [3.05, 3.63) is 77.1 Å². The first-order valence-electron chi connectivity index (χ1n) is 10.1. The molecule has 0 aliphatic carbocycles. The Hall–Kier alpha value is -3.34. The lowest BCUT2D eigenvalue weighted by atomic mass is 9.86. The lowest BCUT2D eigenvalue weighted by Crippen LogP contribution is -2.28. The fourth-order valence-corrected chi connectivity index (χ4v) is 3.91. The molecule has 0 atom stereocenters. The first kappa shape index (κ1) is 20.0. The zero-order valence-electron chi connectivity index (χ0n) is 17.8. The lowest BCUT2D eigenvalue weighted by Gasteiger charge is -2.21. The van der Waals surface area contributed by atoms with Gasteiger partial charge in [0.15, 0.2) is 0 Å². The molecule has 0 saturated heterocycles. The van der Waals surface area contributed by atoms with Crippen molar-refractivity contribution in [2.45, 2.75) is 32.6 Å². The maximum Gasteiger partial charge on any atom is 0.341 e. The van der Waals surface area contributed by atoms with Crippen LogP contribution in [0, 0.1) is 0 Å². The molecular formula is C25H26N2O3. The minimum absolute atomic E-state index is 0.0198. The molecule has 0 bridgehead atoms. The van der Waals surface area contributed by atoms with E-state index < -0.39 is 5.97 Å². The number of H-pyrrole nitrogens is 1. The summed E-state index contributed by atoms with van der Waals surface area (Å²) < 4.78 is 5.02. The molecule has 2 heterocycles. The van der Waals surface area contributed by atoms with Gasteiger partial charge >= 0.3 is 5.97 Å². The second kappa shape index (κ2) is 7.48. The highest BCUT2D eigenvalue weighted by Gasteiger charge is 2.27. The number of esters is 1. The summed E-state index contributed by atoms with van der Waals surface area (Å²) in [5.41, 5.74) is 4.87. The van der Waals surface area contributed by atoms with Gasteiger partial charge in [-0.1, -0.05) is 51.1 Å². The number of methoxy groups -OCH3 is 1. The Morgan fingerprint density at radius 1 is 1.03 bits per heavy atom. The molecule has 3 aromatic rings. The number of benzene rings is 2. The lowest BCUT2D eigenvalue weighted by molar-refractivity contribution is -0.133. The molecule has 5 heteroatoms. The molecule has 1 N–H and O–H groups in total. The number of carbonyl (C=O) groups excluding carboxylic acids is 2. The van der Waals surface area contributed by atoms with E-state index in [4.69, 9.17) is 4.74 Å². The highest BCUT2D eigenvalue weighted by Crippen LogP contribution is 2.32. The number of nitrogens with one attached hydrogen (secondary N) is 1. The summed E-state index contributed by atoms with van der Waals surface area (Å²) in [6, 6.07) is 15.6. The van der Waals surface area contributed by atoms with Gasteiger partial charge in [0.1, 0.15) is 0 Å². The topological polar surface area (TPSA) is 62.4 Å². The minimum atomic E-state index is -0.467. The first-order valence-corrected chi connectivity index (χ1v) is 10.1. The molecule has 0 radical (unpaired) electrons. The standard InChI is InChI=1S/C25H26N2O3/c1-25(2,3)17-11-9-16(10-12-17)23(28)27-14-13-19-18-7-5-6-8-21(18)26-22(19)20(15-27)24(29)30-4/h5-12,15,26H,13-14H2,1-4H3. The van der Waals surface area contributed by atoms with E-state index in [0.29, 0.717) is 24.1 Å². The van der Waals surface area contributed by atoms with E-state index >= 15 is 0 Å². The fraction of sp³-hybridized carbons (Fsp3) is 0.280. The number of ether oxygens (including phenoxy) is 1. The van der Waals surface area contributed by atoms with Gasteiger partial charge in [-0.2, -0.15) is 0 Å². The van der Waals surface area contributed by atoms with Gasteiger partial charge in [0, 0.05) is 29.2 Å². The Morgan fingerprint density at radius 2 is 1.73 bits per heavy atom. The third kappa shape index (κ3) is 3.52. The van der Waals surface area contributed by atoms with Gasteiger partial charge in [-0.05, 0) is 41.2 Å². The van der Waals surface area contributed by atoms with Crippen molar-refractivity contribution in [2.24, 2.45) is 0 Å². The van der Waals surface area contributed by atoms with Gasteiger partial charge in [0.25, 0.3) is 5.91 Å². The van der Waals surface area contributed by atoms with E-state index in [-0.39, 0.29) is 11.3 Å². The molecule has 0 saturated carbocycles. The van der Waals surface area contributed by atoms with Crippen LogP contribution in [-0.2, 0) is 21.4 Å². The summed E-state index contributed by atoms with van der Waals surface area (Å²) >= 11 is 0. The molecule has 5 nitrogen and oxygen atoms in total. The number of para-hydroxylation sites is 1. The van der Waals surface area contributed by atoms with Gasteiger partial charge in [-0.3, -0.25) is 4.79 Å². The summed E-state index contributed by atoms with van der Waals surface area (Å²) in [5.74, 6) is -0.600. The Morgan fingerprint density at radius 3 is 2.40 bits per heavy atom. The molecule has 0 unspecified atom stereocenters. The van der Waals surface area contributed by atoms with Crippen molar-refractivity contribution >= 4 is 28.4 Å². The van der Waals surface area contributed by atoms with Gasteiger partial charge in [0.2, 0.25) is 0 Å². The number of nitrogens with zero attached hydrogens (tertiary/aromatic N) is 1. The second-order valence-corrected chi connectivity index (χ2v) is 8.63. The van der Waals surface area contributed by atoms with E-state index in [2.05, 4.69) is 25.8 Å². The fourth-order valence-electron chi connectivity index (χ4n) is 3.91. The molecule has 0 fully saturated rings. The van der Waals surface area contributed by atoms with Crippen molar-refractivity contribution in [3.63, 3.8) is 0 Å². The van der Waals surface area contributed by atoms with E-state index in [1.54, 1.807) is 11.1 Å². The van der Waals surface area contributed by atoms with Crippen LogP contribution >= 0.6 is 0 Å². The van der Waals surface area contributed by atoms with E-state index in [1.807, 2.05) is 48.5 Å². The van der Waals surface area contributed by atoms with Crippen LogP contribution in [-0.4, -0.2) is 35.4 Å². The highest BCUT2D eigenvalue weighted by atomic mass is 16.5. The summed E-state index contributed by atoms with van der Waals surface area (Å²) in [5, 5.41) is 1.06. The van der Waals surface area contributed by atoms with Crippen LogP contribution in [0.4, 0.5) is 0 Å². The average molecular weight is 402 g/mol. The SMILES string of the molecule is COC(=O)C1=CN(C(=O)c2ccc(C(C)(C)C)cc2)CCc2c1[nH]c1ccccc21. The zero-order chi connectivity index (χ0) is 21.5. The third-order valence-electron chi connectivity index (χ3n) is 5.63. The Bertz CT molecular complexity index is 1150. The number of hydrogen-bond acceptors (Lipinski definition) is 3. The number of aromatic amines is 1. The Balaban J connectivity index is 1.73. The van der Waals surface area contributed by atoms with Crippen LogP contribution in [0.15, 0.2) is 54.7 Å². The van der Waals surface area contributed by atoms with Gasteiger partial charge in [0.05, 0.1) is 18.4 Å². The maximum atomic E-state index is 13.2. The summed E-state index contributed by atoms with van der Waals surface area (Å²) in [4.78, 5) is 30.7. The molecular weight excluding hydrogens is 376 g/mol. The van der Waals surface area contributed by atoms with Gasteiger partial charge in [-0.15, -0.1) is 0 Å². The predicted octanol–water partition coefficient (Wildman–Crippen LogP) is 4.68. The molecule has 4 rings (SSSR count). The molecule has 1 aromatic heterocycles. The van der Waals surface area contributed by atoms with E-state index in [1.165, 1.54) is 12.7 Å². The van der Waals surface area contributed by atoms with Crippen molar-refractivity contribution in [2.75, 3.05) is 13.7 Å². The van der Waals surface area contributed by atoms with Crippen molar-refractivity contribution < 1.29 is 14.3 Å². The largest absolute Gasteiger partial charge is 0.465 e. The van der Waals surface area contributed by atoms with Crippen LogP contribution in [0.5, 0.6) is 0 Å². The van der Waals surface area contributed by atoms with Crippen LogP contribution < -0.4 is 0 Å². The minimum Gasteiger partial charge on any atom is -0.465 e. The zero-order valence-corrected chi connectivity index (χ0v) is 17.8. The van der Waals surface area contributed by atoms with E-state index in [0.717, 1.165) is 22.2 Å². The molecule has 1 aliphatic rings. The average Bonchev–Trinajstić information content (AvgIpc) is 3.00. The number of aromatic nitrogens is 1. The van der Waals surface area contributed by atoms with Gasteiger partial charge in [-0.25, -0.2) is 4.79 Å².